The highest BCUT2D eigenvalue weighted by Crippen LogP contribution is 2.20. The third kappa shape index (κ3) is 5.33. The summed E-state index contributed by atoms with van der Waals surface area (Å²) in [4.78, 5) is 0. The maximum absolute atomic E-state index is 13.5. The number of hydrogen-bond acceptors (Lipinski definition) is 4. The Morgan fingerprint density at radius 2 is 2.06 bits per heavy atom. The summed E-state index contributed by atoms with van der Waals surface area (Å²) in [6, 6.07) is 4.82. The lowest BCUT2D eigenvalue weighted by atomic mass is 10.3. The molecule has 1 rings (SSSR count). The first kappa shape index (κ1) is 14.7. The van der Waals surface area contributed by atoms with Crippen molar-refractivity contribution in [2.45, 2.75) is 6.92 Å². The van der Waals surface area contributed by atoms with Crippen molar-refractivity contribution in [1.82, 2.24) is 0 Å². The van der Waals surface area contributed by atoms with E-state index in [9.17, 15) is 4.39 Å². The van der Waals surface area contributed by atoms with Crippen molar-refractivity contribution in [1.29, 1.82) is 0 Å². The van der Waals surface area contributed by atoms with Gasteiger partial charge >= 0.3 is 0 Å². The SMILES string of the molecule is CCOc1ccc(NCCOCCOC)cc1F. The third-order valence-electron chi connectivity index (χ3n) is 2.24. The molecule has 0 saturated carbocycles. The molecule has 0 aromatic heterocycles. The molecule has 0 aliphatic heterocycles. The first-order valence-electron chi connectivity index (χ1n) is 6.00. The van der Waals surface area contributed by atoms with Gasteiger partial charge in [-0.25, -0.2) is 4.39 Å². The normalized spacial score (nSPS) is 10.4. The average Bonchev–Trinajstić information content (AvgIpc) is 2.37. The maximum Gasteiger partial charge on any atom is 0.167 e. The second-order valence-corrected chi connectivity index (χ2v) is 3.61. The van der Waals surface area contributed by atoms with Crippen LogP contribution in [0.25, 0.3) is 0 Å². The number of hydrogen-bond donors (Lipinski definition) is 1. The number of benzene rings is 1. The van der Waals surface area contributed by atoms with E-state index in [-0.39, 0.29) is 11.6 Å². The molecule has 102 valence electrons. The van der Waals surface area contributed by atoms with E-state index in [4.69, 9.17) is 14.2 Å². The predicted octanol–water partition coefficient (Wildman–Crippen LogP) is 2.30. The maximum atomic E-state index is 13.5. The summed E-state index contributed by atoms with van der Waals surface area (Å²) in [5.41, 5.74) is 0.714. The average molecular weight is 257 g/mol. The molecule has 5 heteroatoms. The van der Waals surface area contributed by atoms with E-state index in [0.717, 1.165) is 0 Å². The summed E-state index contributed by atoms with van der Waals surface area (Å²) in [6.07, 6.45) is 0. The second kappa shape index (κ2) is 8.72. The first-order valence-corrected chi connectivity index (χ1v) is 6.00. The highest BCUT2D eigenvalue weighted by molar-refractivity contribution is 5.47. The number of anilines is 1. The van der Waals surface area contributed by atoms with Crippen LogP contribution in [-0.4, -0.2) is 40.1 Å². The fraction of sp³-hybridized carbons (Fsp3) is 0.538. The fourth-order valence-electron chi connectivity index (χ4n) is 1.40. The Kier molecular flexibility index (Phi) is 7.13. The van der Waals surface area contributed by atoms with Crippen LogP contribution in [0.5, 0.6) is 5.75 Å². The highest BCUT2D eigenvalue weighted by Gasteiger charge is 2.03. The molecular formula is C13H20FNO3. The van der Waals surface area contributed by atoms with Crippen LogP contribution >= 0.6 is 0 Å². The second-order valence-electron chi connectivity index (χ2n) is 3.61. The van der Waals surface area contributed by atoms with E-state index in [1.54, 1.807) is 19.2 Å². The zero-order chi connectivity index (χ0) is 13.2. The Bertz CT molecular complexity index is 347. The van der Waals surface area contributed by atoms with Gasteiger partial charge in [-0.15, -0.1) is 0 Å². The summed E-state index contributed by atoms with van der Waals surface area (Å²) in [5, 5.41) is 3.07. The van der Waals surface area contributed by atoms with Gasteiger partial charge in [0.15, 0.2) is 11.6 Å². The van der Waals surface area contributed by atoms with E-state index in [1.807, 2.05) is 6.92 Å². The highest BCUT2D eigenvalue weighted by atomic mass is 19.1. The molecule has 0 amide bonds. The van der Waals surface area contributed by atoms with E-state index in [0.29, 0.717) is 38.7 Å². The Hall–Kier alpha value is -1.33. The number of methoxy groups -OCH3 is 1. The quantitative estimate of drug-likeness (QED) is 0.689. The lowest BCUT2D eigenvalue weighted by Gasteiger charge is -2.09. The van der Waals surface area contributed by atoms with E-state index < -0.39 is 0 Å². The molecule has 0 bridgehead atoms. The van der Waals surface area contributed by atoms with E-state index in [1.165, 1.54) is 6.07 Å². The molecule has 1 aromatic rings. The van der Waals surface area contributed by atoms with Gasteiger partial charge in [0.1, 0.15) is 0 Å². The summed E-state index contributed by atoms with van der Waals surface area (Å²) < 4.78 is 28.8. The Labute approximate surface area is 107 Å². The summed E-state index contributed by atoms with van der Waals surface area (Å²) >= 11 is 0. The summed E-state index contributed by atoms with van der Waals surface area (Å²) in [6.45, 7) is 4.60. The number of nitrogens with one attached hydrogen (secondary N) is 1. The fourth-order valence-corrected chi connectivity index (χ4v) is 1.40. The van der Waals surface area contributed by atoms with Crippen LogP contribution in [0.1, 0.15) is 6.92 Å². The van der Waals surface area contributed by atoms with Crippen molar-refractivity contribution >= 4 is 5.69 Å². The molecule has 1 aromatic carbocycles. The Morgan fingerprint density at radius 1 is 1.22 bits per heavy atom. The van der Waals surface area contributed by atoms with Gasteiger partial charge in [0.25, 0.3) is 0 Å². The lowest BCUT2D eigenvalue weighted by molar-refractivity contribution is 0.0759. The predicted molar refractivity (Wildman–Crippen MR) is 68.8 cm³/mol. The van der Waals surface area contributed by atoms with Crippen LogP contribution in [0.2, 0.25) is 0 Å². The van der Waals surface area contributed by atoms with Gasteiger partial charge in [-0.05, 0) is 19.1 Å². The molecule has 0 fully saturated rings. The van der Waals surface area contributed by atoms with Crippen LogP contribution < -0.4 is 10.1 Å². The number of halogens is 1. The minimum Gasteiger partial charge on any atom is -0.491 e. The largest absolute Gasteiger partial charge is 0.491 e. The summed E-state index contributed by atoms with van der Waals surface area (Å²) in [5.74, 6) is -0.0819. The molecule has 0 radical (unpaired) electrons. The molecule has 0 heterocycles. The smallest absolute Gasteiger partial charge is 0.167 e. The summed E-state index contributed by atoms with van der Waals surface area (Å²) in [7, 11) is 1.63. The van der Waals surface area contributed by atoms with Gasteiger partial charge in [0.05, 0.1) is 26.4 Å². The molecule has 4 nitrogen and oxygen atoms in total. The standard InChI is InChI=1S/C13H20FNO3/c1-3-18-13-5-4-11(10-12(13)14)15-6-7-17-9-8-16-2/h4-5,10,15H,3,6-9H2,1-2H3. The Morgan fingerprint density at radius 3 is 2.72 bits per heavy atom. The van der Waals surface area contributed by atoms with Crippen molar-refractivity contribution in [3.8, 4) is 5.75 Å². The van der Waals surface area contributed by atoms with Crippen LogP contribution in [0, 0.1) is 5.82 Å². The molecule has 0 aliphatic carbocycles. The molecular weight excluding hydrogens is 237 g/mol. The third-order valence-corrected chi connectivity index (χ3v) is 2.24. The van der Waals surface area contributed by atoms with Gasteiger partial charge in [-0.2, -0.15) is 0 Å². The van der Waals surface area contributed by atoms with E-state index >= 15 is 0 Å². The van der Waals surface area contributed by atoms with Crippen LogP contribution in [-0.2, 0) is 9.47 Å². The molecule has 0 saturated heterocycles. The van der Waals surface area contributed by atoms with Crippen molar-refractivity contribution in [3.05, 3.63) is 24.0 Å². The molecule has 0 unspecified atom stereocenters. The minimum absolute atomic E-state index is 0.277. The molecule has 1 N–H and O–H groups in total. The first-order chi connectivity index (χ1) is 8.77. The van der Waals surface area contributed by atoms with Crippen LogP contribution in [0.15, 0.2) is 18.2 Å². The van der Waals surface area contributed by atoms with Gasteiger partial charge < -0.3 is 19.5 Å². The lowest BCUT2D eigenvalue weighted by Crippen LogP contribution is -2.12. The van der Waals surface area contributed by atoms with Gasteiger partial charge in [-0.3, -0.25) is 0 Å². The van der Waals surface area contributed by atoms with Gasteiger partial charge in [0.2, 0.25) is 0 Å². The van der Waals surface area contributed by atoms with E-state index in [2.05, 4.69) is 5.32 Å². The van der Waals surface area contributed by atoms with Crippen molar-refractivity contribution in [2.24, 2.45) is 0 Å². The molecule has 0 spiro atoms. The number of rotatable bonds is 9. The van der Waals surface area contributed by atoms with Crippen molar-refractivity contribution in [2.75, 3.05) is 45.4 Å². The van der Waals surface area contributed by atoms with Crippen LogP contribution in [0.3, 0.4) is 0 Å². The van der Waals surface area contributed by atoms with Gasteiger partial charge in [-0.1, -0.05) is 0 Å². The molecule has 18 heavy (non-hydrogen) atoms. The zero-order valence-corrected chi connectivity index (χ0v) is 10.9. The minimum atomic E-state index is -0.359. The van der Waals surface area contributed by atoms with Crippen LogP contribution in [0.4, 0.5) is 10.1 Å². The van der Waals surface area contributed by atoms with Gasteiger partial charge in [0, 0.05) is 25.4 Å². The molecule has 0 aliphatic rings. The monoisotopic (exact) mass is 257 g/mol. The zero-order valence-electron chi connectivity index (χ0n) is 10.9. The van der Waals surface area contributed by atoms with Crippen molar-refractivity contribution in [3.63, 3.8) is 0 Å². The van der Waals surface area contributed by atoms with Crippen molar-refractivity contribution < 1.29 is 18.6 Å². The molecule has 0 atom stereocenters. The topological polar surface area (TPSA) is 39.7 Å². The Balaban J connectivity index is 2.28. The number of ether oxygens (including phenoxy) is 3.